The quantitative estimate of drug-likeness (QED) is 0.649. The highest BCUT2D eigenvalue weighted by Crippen LogP contribution is 2.16. The van der Waals surface area contributed by atoms with E-state index in [0.29, 0.717) is 6.79 Å². The highest BCUT2D eigenvalue weighted by molar-refractivity contribution is 4.89. The van der Waals surface area contributed by atoms with Gasteiger partial charge in [0.2, 0.25) is 0 Å². The summed E-state index contributed by atoms with van der Waals surface area (Å²) in [5.74, 6) is 0. The molecule has 1 rings (SSSR count). The number of hydrogen-bond acceptors (Lipinski definition) is 3. The molecule has 1 fully saturated rings. The molecule has 72 valence electrons. The third kappa shape index (κ3) is 3.09. The van der Waals surface area contributed by atoms with E-state index in [-0.39, 0.29) is 11.2 Å². The number of rotatable bonds is 3. The van der Waals surface area contributed by atoms with Gasteiger partial charge in [0.1, 0.15) is 6.79 Å². The third-order valence-electron chi connectivity index (χ3n) is 1.90. The predicted octanol–water partition coefficient (Wildman–Crippen LogP) is 1.14. The van der Waals surface area contributed by atoms with Gasteiger partial charge in [0.05, 0.1) is 11.2 Å². The van der Waals surface area contributed by atoms with Gasteiger partial charge in [-0.1, -0.05) is 0 Å². The summed E-state index contributed by atoms with van der Waals surface area (Å²) in [5.41, 5.74) is -0.0984. The van der Waals surface area contributed by atoms with Crippen LogP contribution in [0.4, 0.5) is 0 Å². The van der Waals surface area contributed by atoms with Crippen LogP contribution < -0.4 is 5.32 Å². The summed E-state index contributed by atoms with van der Waals surface area (Å²) >= 11 is 0. The summed E-state index contributed by atoms with van der Waals surface area (Å²) in [6.07, 6.45) is 0. The van der Waals surface area contributed by atoms with Crippen molar-refractivity contribution in [3.05, 3.63) is 0 Å². The zero-order valence-corrected chi connectivity index (χ0v) is 8.44. The summed E-state index contributed by atoms with van der Waals surface area (Å²) in [6.45, 7) is 10.4. The molecule has 1 N–H and O–H groups in total. The van der Waals surface area contributed by atoms with Crippen LogP contribution in [0.15, 0.2) is 0 Å². The molecule has 1 aliphatic heterocycles. The topological polar surface area (TPSA) is 30.5 Å². The fourth-order valence-corrected chi connectivity index (χ4v) is 0.928. The van der Waals surface area contributed by atoms with Crippen LogP contribution >= 0.6 is 0 Å². The van der Waals surface area contributed by atoms with Crippen molar-refractivity contribution in [1.29, 1.82) is 0 Å². The molecule has 0 aromatic rings. The van der Waals surface area contributed by atoms with E-state index < -0.39 is 0 Å². The van der Waals surface area contributed by atoms with E-state index in [1.54, 1.807) is 0 Å². The molecule has 0 aliphatic carbocycles. The Morgan fingerprint density at radius 3 is 2.25 bits per heavy atom. The van der Waals surface area contributed by atoms with E-state index in [1.165, 1.54) is 0 Å². The summed E-state index contributed by atoms with van der Waals surface area (Å²) in [7, 11) is 0. The van der Waals surface area contributed by atoms with Gasteiger partial charge in [0.15, 0.2) is 0 Å². The molecule has 0 bridgehead atoms. The van der Waals surface area contributed by atoms with Crippen molar-refractivity contribution in [3.8, 4) is 0 Å². The summed E-state index contributed by atoms with van der Waals surface area (Å²) in [6, 6.07) is 0. The maximum atomic E-state index is 5.56. The summed E-state index contributed by atoms with van der Waals surface area (Å²) in [4.78, 5) is 0. The standard InChI is InChI=1S/C9H19NO2/c1-8(2,3)11-7-12-9(4)5-10-6-9/h10H,5-7H2,1-4H3. The fourth-order valence-electron chi connectivity index (χ4n) is 0.928. The Kier molecular flexibility index (Phi) is 2.76. The first-order valence-electron chi connectivity index (χ1n) is 4.40. The maximum absolute atomic E-state index is 5.56. The van der Waals surface area contributed by atoms with Crippen molar-refractivity contribution < 1.29 is 9.47 Å². The van der Waals surface area contributed by atoms with E-state index in [2.05, 4.69) is 12.2 Å². The van der Waals surface area contributed by atoms with Crippen LogP contribution in [0.5, 0.6) is 0 Å². The number of hydrogen-bond donors (Lipinski definition) is 1. The summed E-state index contributed by atoms with van der Waals surface area (Å²) in [5, 5.41) is 3.17. The molecule has 0 aromatic heterocycles. The van der Waals surface area contributed by atoms with Gasteiger partial charge < -0.3 is 14.8 Å². The maximum Gasteiger partial charge on any atom is 0.148 e. The van der Waals surface area contributed by atoms with Crippen LogP contribution in [0.25, 0.3) is 0 Å². The monoisotopic (exact) mass is 173 g/mol. The Balaban J connectivity index is 2.10. The Hall–Kier alpha value is -0.120. The van der Waals surface area contributed by atoms with Crippen LogP contribution in [0, 0.1) is 0 Å². The van der Waals surface area contributed by atoms with Crippen molar-refractivity contribution in [2.24, 2.45) is 0 Å². The van der Waals surface area contributed by atoms with Crippen molar-refractivity contribution in [2.75, 3.05) is 19.9 Å². The number of nitrogens with one attached hydrogen (secondary N) is 1. The first kappa shape index (κ1) is 9.96. The van der Waals surface area contributed by atoms with E-state index in [1.807, 2.05) is 20.8 Å². The molecule has 0 unspecified atom stereocenters. The van der Waals surface area contributed by atoms with Crippen LogP contribution in [-0.4, -0.2) is 31.1 Å². The predicted molar refractivity (Wildman–Crippen MR) is 48.1 cm³/mol. The van der Waals surface area contributed by atoms with Gasteiger partial charge in [0.25, 0.3) is 0 Å². The fraction of sp³-hybridized carbons (Fsp3) is 1.00. The SMILES string of the molecule is CC(C)(C)OCOC1(C)CNC1. The minimum Gasteiger partial charge on any atom is -0.350 e. The smallest absolute Gasteiger partial charge is 0.148 e. The molecule has 0 spiro atoms. The van der Waals surface area contributed by atoms with Gasteiger partial charge in [-0.3, -0.25) is 0 Å². The molecule has 12 heavy (non-hydrogen) atoms. The molecule has 0 saturated carbocycles. The van der Waals surface area contributed by atoms with Crippen molar-refractivity contribution in [1.82, 2.24) is 5.32 Å². The lowest BCUT2D eigenvalue weighted by Gasteiger charge is -2.39. The lowest BCUT2D eigenvalue weighted by molar-refractivity contribution is -0.187. The first-order valence-corrected chi connectivity index (χ1v) is 4.40. The largest absolute Gasteiger partial charge is 0.350 e. The van der Waals surface area contributed by atoms with Crippen molar-refractivity contribution in [3.63, 3.8) is 0 Å². The second-order valence-electron chi connectivity index (χ2n) is 4.57. The molecular weight excluding hydrogens is 154 g/mol. The molecule has 0 aromatic carbocycles. The molecule has 3 heteroatoms. The second kappa shape index (κ2) is 3.32. The molecule has 0 atom stereocenters. The van der Waals surface area contributed by atoms with Gasteiger partial charge >= 0.3 is 0 Å². The van der Waals surface area contributed by atoms with E-state index in [0.717, 1.165) is 13.1 Å². The van der Waals surface area contributed by atoms with Gasteiger partial charge in [-0.15, -0.1) is 0 Å². The third-order valence-corrected chi connectivity index (χ3v) is 1.90. The molecule has 1 saturated heterocycles. The van der Waals surface area contributed by atoms with Crippen LogP contribution in [0.3, 0.4) is 0 Å². The van der Waals surface area contributed by atoms with Crippen LogP contribution in [0.1, 0.15) is 27.7 Å². The molecule has 0 amide bonds. The highest BCUT2D eigenvalue weighted by atomic mass is 16.7. The first-order chi connectivity index (χ1) is 5.41. The lowest BCUT2D eigenvalue weighted by atomic mass is 10.0. The van der Waals surface area contributed by atoms with E-state index in [9.17, 15) is 0 Å². The minimum absolute atomic E-state index is 0.00521. The molecule has 1 heterocycles. The lowest BCUT2D eigenvalue weighted by Crippen LogP contribution is -2.59. The Morgan fingerprint density at radius 2 is 1.92 bits per heavy atom. The average molecular weight is 173 g/mol. The van der Waals surface area contributed by atoms with Gasteiger partial charge in [-0.25, -0.2) is 0 Å². The molecule has 0 radical (unpaired) electrons. The highest BCUT2D eigenvalue weighted by Gasteiger charge is 2.32. The van der Waals surface area contributed by atoms with Gasteiger partial charge in [-0.05, 0) is 27.7 Å². The van der Waals surface area contributed by atoms with Crippen LogP contribution in [-0.2, 0) is 9.47 Å². The van der Waals surface area contributed by atoms with Crippen LogP contribution in [0.2, 0.25) is 0 Å². The molecular formula is C9H19NO2. The van der Waals surface area contributed by atoms with Gasteiger partial charge in [-0.2, -0.15) is 0 Å². The molecule has 1 aliphatic rings. The van der Waals surface area contributed by atoms with Gasteiger partial charge in [0, 0.05) is 13.1 Å². The van der Waals surface area contributed by atoms with E-state index >= 15 is 0 Å². The minimum atomic E-state index is -0.104. The second-order valence-corrected chi connectivity index (χ2v) is 4.57. The zero-order chi connectivity index (χ0) is 9.24. The summed E-state index contributed by atoms with van der Waals surface area (Å²) < 4.78 is 11.0. The van der Waals surface area contributed by atoms with Crippen molar-refractivity contribution in [2.45, 2.75) is 38.9 Å². The van der Waals surface area contributed by atoms with E-state index in [4.69, 9.17) is 9.47 Å². The number of ether oxygens (including phenoxy) is 2. The average Bonchev–Trinajstić information content (AvgIpc) is 1.81. The zero-order valence-electron chi connectivity index (χ0n) is 8.44. The Morgan fingerprint density at radius 1 is 1.33 bits per heavy atom. The van der Waals surface area contributed by atoms with Crippen molar-refractivity contribution >= 4 is 0 Å². The Labute approximate surface area is 74.4 Å². The normalized spacial score (nSPS) is 22.0. The Bertz CT molecular complexity index is 147. The molecule has 3 nitrogen and oxygen atoms in total.